The summed E-state index contributed by atoms with van der Waals surface area (Å²) in [5, 5.41) is 11.7. The summed E-state index contributed by atoms with van der Waals surface area (Å²) in [6, 6.07) is 15.2. The van der Waals surface area contributed by atoms with Gasteiger partial charge in [-0.15, -0.1) is 0 Å². The standard InChI is InChI=1S/C21H19BrN2O3/c1-26-19-14-15(2-8-18(19)27-13-12-23)3-9-20(25)24-21(10-11-21)16-4-6-17(22)7-5-16/h2-9,14H,10-11,13H2,1H3,(H,24,25)/b9-3+. The molecule has 0 bridgehead atoms. The summed E-state index contributed by atoms with van der Waals surface area (Å²) >= 11 is 3.43. The lowest BCUT2D eigenvalue weighted by molar-refractivity contribution is -0.117. The Balaban J connectivity index is 1.66. The average molecular weight is 427 g/mol. The van der Waals surface area contributed by atoms with Crippen molar-refractivity contribution in [3.05, 3.63) is 64.1 Å². The van der Waals surface area contributed by atoms with Crippen LogP contribution >= 0.6 is 15.9 Å². The Hall–Kier alpha value is -2.78. The van der Waals surface area contributed by atoms with Crippen molar-refractivity contribution in [1.82, 2.24) is 5.32 Å². The summed E-state index contributed by atoms with van der Waals surface area (Å²) in [6.07, 6.45) is 5.12. The summed E-state index contributed by atoms with van der Waals surface area (Å²) in [6.45, 7) is -0.0495. The maximum atomic E-state index is 12.4. The van der Waals surface area contributed by atoms with Crippen LogP contribution in [0.4, 0.5) is 0 Å². The maximum absolute atomic E-state index is 12.4. The number of hydrogen-bond donors (Lipinski definition) is 1. The molecule has 1 fully saturated rings. The lowest BCUT2D eigenvalue weighted by atomic mass is 10.1. The molecule has 1 aliphatic rings. The number of nitrogens with one attached hydrogen (secondary N) is 1. The van der Waals surface area contributed by atoms with Gasteiger partial charge in [0.25, 0.3) is 0 Å². The van der Waals surface area contributed by atoms with Crippen LogP contribution in [0.15, 0.2) is 53.0 Å². The predicted molar refractivity (Wildman–Crippen MR) is 106 cm³/mol. The largest absolute Gasteiger partial charge is 0.493 e. The zero-order chi connectivity index (χ0) is 19.3. The van der Waals surface area contributed by atoms with Crippen LogP contribution < -0.4 is 14.8 Å². The van der Waals surface area contributed by atoms with Crippen LogP contribution in [0.5, 0.6) is 11.5 Å². The number of amides is 1. The second-order valence-corrected chi connectivity index (χ2v) is 7.18. The fourth-order valence-corrected chi connectivity index (χ4v) is 3.11. The molecule has 1 amide bonds. The van der Waals surface area contributed by atoms with E-state index in [4.69, 9.17) is 14.7 Å². The SMILES string of the molecule is COc1cc(/C=C/C(=O)NC2(c3ccc(Br)cc3)CC2)ccc1OCC#N. The van der Waals surface area contributed by atoms with Gasteiger partial charge in [0.15, 0.2) is 18.1 Å². The number of halogens is 1. The summed E-state index contributed by atoms with van der Waals surface area (Å²) < 4.78 is 11.6. The zero-order valence-corrected chi connectivity index (χ0v) is 16.5. The van der Waals surface area contributed by atoms with E-state index in [2.05, 4.69) is 21.2 Å². The number of carbonyl (C=O) groups is 1. The molecule has 27 heavy (non-hydrogen) atoms. The molecular formula is C21H19BrN2O3. The Morgan fingerprint density at radius 2 is 2.00 bits per heavy atom. The van der Waals surface area contributed by atoms with Gasteiger partial charge in [0.05, 0.1) is 12.6 Å². The van der Waals surface area contributed by atoms with E-state index in [1.165, 1.54) is 13.2 Å². The molecule has 0 aliphatic heterocycles. The first kappa shape index (κ1) is 19.0. The number of hydrogen-bond acceptors (Lipinski definition) is 4. The first-order valence-corrected chi connectivity index (χ1v) is 9.30. The van der Waals surface area contributed by atoms with Gasteiger partial charge in [-0.25, -0.2) is 0 Å². The fourth-order valence-electron chi connectivity index (χ4n) is 2.85. The van der Waals surface area contributed by atoms with Crippen LogP contribution in [0.3, 0.4) is 0 Å². The van der Waals surface area contributed by atoms with E-state index in [9.17, 15) is 4.79 Å². The minimum Gasteiger partial charge on any atom is -0.493 e. The van der Waals surface area contributed by atoms with E-state index in [1.807, 2.05) is 30.3 Å². The second kappa shape index (κ2) is 8.28. The minimum atomic E-state index is -0.255. The summed E-state index contributed by atoms with van der Waals surface area (Å²) in [4.78, 5) is 12.4. The van der Waals surface area contributed by atoms with E-state index in [0.29, 0.717) is 11.5 Å². The van der Waals surface area contributed by atoms with Crippen LogP contribution in [0.25, 0.3) is 6.08 Å². The number of nitriles is 1. The third-order valence-electron chi connectivity index (χ3n) is 4.42. The van der Waals surface area contributed by atoms with E-state index >= 15 is 0 Å². The number of ether oxygens (including phenoxy) is 2. The third-order valence-corrected chi connectivity index (χ3v) is 4.95. The van der Waals surface area contributed by atoms with Gasteiger partial charge in [-0.1, -0.05) is 34.1 Å². The lowest BCUT2D eigenvalue weighted by Crippen LogP contribution is -2.33. The van der Waals surface area contributed by atoms with Crippen LogP contribution in [0, 0.1) is 11.3 Å². The van der Waals surface area contributed by atoms with Gasteiger partial charge < -0.3 is 14.8 Å². The Bertz CT molecular complexity index is 897. The van der Waals surface area contributed by atoms with Crippen molar-refractivity contribution in [1.29, 1.82) is 5.26 Å². The van der Waals surface area contributed by atoms with Gasteiger partial charge in [-0.2, -0.15) is 5.26 Å². The number of benzene rings is 2. The number of rotatable bonds is 7. The van der Waals surface area contributed by atoms with Gasteiger partial charge in [0, 0.05) is 10.5 Å². The normalized spacial score (nSPS) is 14.4. The van der Waals surface area contributed by atoms with Crippen LogP contribution in [-0.4, -0.2) is 19.6 Å². The van der Waals surface area contributed by atoms with Crippen molar-refractivity contribution in [2.75, 3.05) is 13.7 Å². The predicted octanol–water partition coefficient (Wildman–Crippen LogP) is 4.18. The van der Waals surface area contributed by atoms with Crippen molar-refractivity contribution >= 4 is 27.9 Å². The van der Waals surface area contributed by atoms with Crippen LogP contribution in [0.1, 0.15) is 24.0 Å². The Morgan fingerprint density at radius 3 is 2.63 bits per heavy atom. The highest BCUT2D eigenvalue weighted by Crippen LogP contribution is 2.45. The highest BCUT2D eigenvalue weighted by atomic mass is 79.9. The second-order valence-electron chi connectivity index (χ2n) is 6.27. The molecule has 1 saturated carbocycles. The maximum Gasteiger partial charge on any atom is 0.244 e. The molecule has 0 saturated heterocycles. The summed E-state index contributed by atoms with van der Waals surface area (Å²) in [5.74, 6) is 0.869. The molecule has 2 aromatic carbocycles. The molecule has 6 heteroatoms. The van der Waals surface area contributed by atoms with Crippen molar-refractivity contribution in [3.63, 3.8) is 0 Å². The van der Waals surface area contributed by atoms with Crippen LogP contribution in [-0.2, 0) is 10.3 Å². The highest BCUT2D eigenvalue weighted by Gasteiger charge is 2.45. The molecule has 0 aromatic heterocycles. The Labute approximate surface area is 166 Å². The zero-order valence-electron chi connectivity index (χ0n) is 14.9. The minimum absolute atomic E-state index is 0.0495. The molecule has 0 radical (unpaired) electrons. The Morgan fingerprint density at radius 1 is 1.26 bits per heavy atom. The molecule has 138 valence electrons. The van der Waals surface area contributed by atoms with Gasteiger partial charge in [-0.05, 0) is 54.3 Å². The van der Waals surface area contributed by atoms with Gasteiger partial charge >= 0.3 is 0 Å². The third kappa shape index (κ3) is 4.69. The summed E-state index contributed by atoms with van der Waals surface area (Å²) in [5.41, 5.74) is 1.67. The van der Waals surface area contributed by atoms with Crippen LogP contribution in [0.2, 0.25) is 0 Å². The molecule has 0 heterocycles. The van der Waals surface area contributed by atoms with E-state index in [-0.39, 0.29) is 18.1 Å². The topological polar surface area (TPSA) is 71.3 Å². The molecule has 5 nitrogen and oxygen atoms in total. The fraction of sp³-hybridized carbons (Fsp3) is 0.238. The summed E-state index contributed by atoms with van der Waals surface area (Å²) in [7, 11) is 1.53. The smallest absolute Gasteiger partial charge is 0.244 e. The highest BCUT2D eigenvalue weighted by molar-refractivity contribution is 9.10. The van der Waals surface area contributed by atoms with E-state index in [0.717, 1.165) is 28.4 Å². The van der Waals surface area contributed by atoms with E-state index < -0.39 is 0 Å². The first-order valence-electron chi connectivity index (χ1n) is 8.50. The van der Waals surface area contributed by atoms with Gasteiger partial charge in [-0.3, -0.25) is 4.79 Å². The molecule has 2 aromatic rings. The van der Waals surface area contributed by atoms with E-state index in [1.54, 1.807) is 24.3 Å². The molecule has 0 unspecified atom stereocenters. The molecule has 0 spiro atoms. The van der Waals surface area contributed by atoms with Crippen molar-refractivity contribution < 1.29 is 14.3 Å². The molecule has 1 aliphatic carbocycles. The molecule has 0 atom stereocenters. The number of methoxy groups -OCH3 is 1. The molecular weight excluding hydrogens is 408 g/mol. The van der Waals surface area contributed by atoms with Crippen molar-refractivity contribution in [3.8, 4) is 17.6 Å². The van der Waals surface area contributed by atoms with Crippen molar-refractivity contribution in [2.45, 2.75) is 18.4 Å². The van der Waals surface area contributed by atoms with Gasteiger partial charge in [0.1, 0.15) is 6.07 Å². The Kier molecular flexibility index (Phi) is 5.82. The lowest BCUT2D eigenvalue weighted by Gasteiger charge is -2.17. The quantitative estimate of drug-likeness (QED) is 0.674. The average Bonchev–Trinajstić information content (AvgIpc) is 3.46. The first-order chi connectivity index (χ1) is 13.1. The van der Waals surface area contributed by atoms with Crippen molar-refractivity contribution in [2.24, 2.45) is 0 Å². The number of carbonyl (C=O) groups excluding carboxylic acids is 1. The number of nitrogens with zero attached hydrogens (tertiary/aromatic N) is 1. The molecule has 1 N–H and O–H groups in total. The monoisotopic (exact) mass is 426 g/mol. The van der Waals surface area contributed by atoms with Gasteiger partial charge in [0.2, 0.25) is 5.91 Å². The molecule has 3 rings (SSSR count).